The molecule has 1 atom stereocenters. The van der Waals surface area contributed by atoms with Gasteiger partial charge in [0.05, 0.1) is 5.69 Å². The molecule has 0 aromatic carbocycles. The fourth-order valence-electron chi connectivity index (χ4n) is 3.41. The van der Waals surface area contributed by atoms with E-state index >= 15 is 0 Å². The van der Waals surface area contributed by atoms with Gasteiger partial charge < -0.3 is 10.1 Å². The van der Waals surface area contributed by atoms with Crippen LogP contribution in [0.25, 0.3) is 0 Å². The van der Waals surface area contributed by atoms with Gasteiger partial charge in [-0.1, -0.05) is 13.3 Å². The second-order valence-electron chi connectivity index (χ2n) is 6.31. The van der Waals surface area contributed by atoms with Crippen LogP contribution >= 0.6 is 23.7 Å². The first-order chi connectivity index (χ1) is 10.7. The number of aryl methyl sites for hydroxylation is 1. The average Bonchev–Trinajstić information content (AvgIpc) is 2.96. The van der Waals surface area contributed by atoms with Crippen LogP contribution in [0.3, 0.4) is 0 Å². The Balaban J connectivity index is 0.00000192. The van der Waals surface area contributed by atoms with E-state index in [0.717, 1.165) is 37.0 Å². The van der Waals surface area contributed by atoms with E-state index in [1.807, 2.05) is 0 Å². The molecular weight excluding hydrogens is 334 g/mol. The van der Waals surface area contributed by atoms with Crippen LogP contribution in [0.2, 0.25) is 0 Å². The number of halogens is 1. The molecule has 1 unspecified atom stereocenters. The van der Waals surface area contributed by atoms with Crippen molar-refractivity contribution in [2.24, 2.45) is 5.92 Å². The van der Waals surface area contributed by atoms with Gasteiger partial charge in [-0.05, 0) is 51.1 Å². The maximum atomic E-state index is 12.7. The lowest BCUT2D eigenvalue weighted by Crippen LogP contribution is -2.51. The Morgan fingerprint density at radius 3 is 2.87 bits per heavy atom. The lowest BCUT2D eigenvalue weighted by atomic mass is 9.89. The largest absolute Gasteiger partial charge is 0.368 e. The number of ether oxygens (including phenoxy) is 1. The van der Waals surface area contributed by atoms with Crippen LogP contribution in [0.1, 0.15) is 43.2 Å². The van der Waals surface area contributed by atoms with Crippen molar-refractivity contribution in [3.8, 4) is 0 Å². The molecule has 2 aliphatic rings. The number of hydrogen-bond donors (Lipinski definition) is 2. The number of anilines is 1. The van der Waals surface area contributed by atoms with Crippen molar-refractivity contribution in [3.05, 3.63) is 10.6 Å². The summed E-state index contributed by atoms with van der Waals surface area (Å²) in [5.41, 5.74) is 0.477. The van der Waals surface area contributed by atoms with Gasteiger partial charge in [0.2, 0.25) is 0 Å². The fraction of sp³-hybridized carbons (Fsp3) is 0.750. The highest BCUT2D eigenvalue weighted by molar-refractivity contribution is 7.15. The lowest BCUT2D eigenvalue weighted by molar-refractivity contribution is -0.140. The van der Waals surface area contributed by atoms with Crippen LogP contribution in [-0.2, 0) is 22.4 Å². The van der Waals surface area contributed by atoms with Crippen LogP contribution in [0.5, 0.6) is 0 Å². The second kappa shape index (κ2) is 7.92. The number of methoxy groups -OCH3 is 1. The fourth-order valence-corrected chi connectivity index (χ4v) is 4.53. The quantitative estimate of drug-likeness (QED) is 0.867. The number of thiazole rings is 1. The predicted octanol–water partition coefficient (Wildman–Crippen LogP) is 2.79. The minimum atomic E-state index is -0.705. The summed E-state index contributed by atoms with van der Waals surface area (Å²) >= 11 is 1.64. The molecular formula is C16H26ClN3O2S. The number of aromatic nitrogens is 1. The third kappa shape index (κ3) is 3.87. The molecule has 0 radical (unpaired) electrons. The summed E-state index contributed by atoms with van der Waals surface area (Å²) in [5.74, 6) is 0.723. The topological polar surface area (TPSA) is 63.2 Å². The molecule has 1 aromatic heterocycles. The van der Waals surface area contributed by atoms with E-state index in [9.17, 15) is 4.79 Å². The number of carbonyl (C=O) groups is 1. The van der Waals surface area contributed by atoms with Gasteiger partial charge in [-0.2, -0.15) is 0 Å². The normalized spacial score (nSPS) is 22.8. The maximum absolute atomic E-state index is 12.7. The number of nitrogens with one attached hydrogen (secondary N) is 2. The Morgan fingerprint density at radius 2 is 2.22 bits per heavy atom. The van der Waals surface area contributed by atoms with E-state index in [1.165, 1.54) is 23.4 Å². The molecule has 1 amide bonds. The number of hydrogen-bond acceptors (Lipinski definition) is 5. The molecule has 5 nitrogen and oxygen atoms in total. The summed E-state index contributed by atoms with van der Waals surface area (Å²) in [7, 11) is 1.63. The number of nitrogens with zero attached hydrogens (tertiary/aromatic N) is 1. The van der Waals surface area contributed by atoms with Gasteiger partial charge in [-0.25, -0.2) is 4.98 Å². The summed E-state index contributed by atoms with van der Waals surface area (Å²) in [6.45, 7) is 3.88. The summed E-state index contributed by atoms with van der Waals surface area (Å²) in [5, 5.41) is 7.02. The molecule has 130 valence electrons. The van der Waals surface area contributed by atoms with Crippen molar-refractivity contribution < 1.29 is 9.53 Å². The highest BCUT2D eigenvalue weighted by atomic mass is 35.5. The Morgan fingerprint density at radius 1 is 1.48 bits per heavy atom. The van der Waals surface area contributed by atoms with Gasteiger partial charge in [0.1, 0.15) is 5.60 Å². The van der Waals surface area contributed by atoms with E-state index < -0.39 is 5.60 Å². The van der Waals surface area contributed by atoms with E-state index in [-0.39, 0.29) is 18.3 Å². The number of fused-ring (bicyclic) bond motifs is 1. The van der Waals surface area contributed by atoms with Crippen LogP contribution in [0, 0.1) is 5.92 Å². The van der Waals surface area contributed by atoms with Crippen LogP contribution in [-0.4, -0.2) is 36.7 Å². The molecule has 7 heteroatoms. The van der Waals surface area contributed by atoms with Gasteiger partial charge in [0, 0.05) is 12.0 Å². The molecule has 3 rings (SSSR count). The molecule has 2 N–H and O–H groups in total. The molecule has 0 spiro atoms. The number of piperidine rings is 1. The highest BCUT2D eigenvalue weighted by Crippen LogP contribution is 2.34. The van der Waals surface area contributed by atoms with Crippen molar-refractivity contribution in [2.45, 2.75) is 51.0 Å². The monoisotopic (exact) mass is 359 g/mol. The van der Waals surface area contributed by atoms with Crippen molar-refractivity contribution in [1.29, 1.82) is 0 Å². The summed E-state index contributed by atoms with van der Waals surface area (Å²) in [6.07, 6.45) is 6.00. The molecule has 0 saturated carbocycles. The van der Waals surface area contributed by atoms with Crippen molar-refractivity contribution in [3.63, 3.8) is 0 Å². The first kappa shape index (κ1) is 18.6. The molecule has 1 aliphatic heterocycles. The van der Waals surface area contributed by atoms with Crippen molar-refractivity contribution in [2.75, 3.05) is 25.5 Å². The first-order valence-electron chi connectivity index (χ1n) is 8.23. The maximum Gasteiger partial charge on any atom is 0.258 e. The Hall–Kier alpha value is -0.690. The Bertz CT molecular complexity index is 543. The van der Waals surface area contributed by atoms with Gasteiger partial charge in [-0.3, -0.25) is 10.1 Å². The van der Waals surface area contributed by atoms with Gasteiger partial charge in [-0.15, -0.1) is 23.7 Å². The first-order valence-corrected chi connectivity index (χ1v) is 9.04. The van der Waals surface area contributed by atoms with Gasteiger partial charge in [0.15, 0.2) is 5.13 Å². The zero-order valence-corrected chi connectivity index (χ0v) is 15.4. The molecule has 1 aliphatic carbocycles. The average molecular weight is 360 g/mol. The molecule has 1 saturated heterocycles. The third-order valence-corrected chi connectivity index (χ3v) is 6.09. The zero-order chi connectivity index (χ0) is 15.6. The molecule has 2 heterocycles. The van der Waals surface area contributed by atoms with E-state index in [4.69, 9.17) is 4.74 Å². The van der Waals surface area contributed by atoms with E-state index in [0.29, 0.717) is 12.8 Å². The van der Waals surface area contributed by atoms with Crippen molar-refractivity contribution in [1.82, 2.24) is 10.3 Å². The second-order valence-corrected chi connectivity index (χ2v) is 7.39. The van der Waals surface area contributed by atoms with Crippen molar-refractivity contribution >= 4 is 34.8 Å². The van der Waals surface area contributed by atoms with Gasteiger partial charge >= 0.3 is 0 Å². The smallest absolute Gasteiger partial charge is 0.258 e. The number of carbonyl (C=O) groups excluding carboxylic acids is 1. The predicted molar refractivity (Wildman–Crippen MR) is 95.6 cm³/mol. The number of amides is 1. The summed E-state index contributed by atoms with van der Waals surface area (Å²) < 4.78 is 5.57. The van der Waals surface area contributed by atoms with Crippen LogP contribution < -0.4 is 10.6 Å². The SMILES string of the molecule is CCC1CCc2nc(NC(=O)C3(OC)CCNCC3)sc2C1.Cl. The van der Waals surface area contributed by atoms with Crippen LogP contribution in [0.4, 0.5) is 5.13 Å². The minimum Gasteiger partial charge on any atom is -0.368 e. The van der Waals surface area contributed by atoms with E-state index in [2.05, 4.69) is 22.5 Å². The summed E-state index contributed by atoms with van der Waals surface area (Å²) in [6, 6.07) is 0. The molecule has 0 bridgehead atoms. The zero-order valence-electron chi connectivity index (χ0n) is 13.8. The van der Waals surface area contributed by atoms with Gasteiger partial charge in [0.25, 0.3) is 5.91 Å². The Kier molecular flexibility index (Phi) is 6.42. The number of rotatable bonds is 4. The Labute approximate surface area is 148 Å². The molecule has 1 fully saturated rings. The molecule has 1 aromatic rings. The molecule has 23 heavy (non-hydrogen) atoms. The third-order valence-electron chi connectivity index (χ3n) is 5.06. The van der Waals surface area contributed by atoms with E-state index in [1.54, 1.807) is 18.4 Å². The lowest BCUT2D eigenvalue weighted by Gasteiger charge is -2.34. The summed E-state index contributed by atoms with van der Waals surface area (Å²) in [4.78, 5) is 18.6. The minimum absolute atomic E-state index is 0. The highest BCUT2D eigenvalue weighted by Gasteiger charge is 2.40. The standard InChI is InChI=1S/C16H25N3O2S.ClH/c1-3-11-4-5-12-13(10-11)22-15(18-12)19-14(20)16(21-2)6-8-17-9-7-16;/h11,17H,3-10H2,1-2H3,(H,18,19,20);1H. The van der Waals surface area contributed by atoms with Crippen LogP contribution in [0.15, 0.2) is 0 Å².